The van der Waals surface area contributed by atoms with E-state index in [4.69, 9.17) is 20.2 Å². The first-order valence-electron chi connectivity index (χ1n) is 14.8. The summed E-state index contributed by atoms with van der Waals surface area (Å²) in [4.78, 5) is 45.9. The number of nitrogens with two attached hydrogens (primary N) is 1. The van der Waals surface area contributed by atoms with E-state index in [1.807, 2.05) is 19.1 Å². The molecule has 0 saturated heterocycles. The summed E-state index contributed by atoms with van der Waals surface area (Å²) in [6, 6.07) is 7.98. The lowest BCUT2D eigenvalue weighted by Crippen LogP contribution is -2.67. The zero-order valence-electron chi connectivity index (χ0n) is 24.9. The average Bonchev–Trinajstić information content (AvgIpc) is 2.97. The van der Waals surface area contributed by atoms with Crippen LogP contribution in [0, 0.1) is 45.7 Å². The van der Waals surface area contributed by atoms with Gasteiger partial charge in [0.05, 0.1) is 23.2 Å². The van der Waals surface area contributed by atoms with Crippen molar-refractivity contribution in [1.29, 1.82) is 5.26 Å². The molecule has 0 bridgehead atoms. The molecule has 0 radical (unpaired) electrons. The molecule has 3 fully saturated rings. The number of esters is 1. The number of hydrogen-bond donors (Lipinski definition) is 1. The van der Waals surface area contributed by atoms with E-state index in [-0.39, 0.29) is 53.3 Å². The zero-order chi connectivity index (χ0) is 31.0. The Morgan fingerprint density at radius 1 is 1.23 bits per heavy atom. The standard InChI is InChI=1S/C33H38FN3O5S/c1-31-16-20(18-36)26(37-23-9-7-22(34)8-10-23)15-21(31)6-11-24-25-5-4-12-33(30(40)43-14-13-35,42-28(39)19-41-3)32(25,2)17-27(38)29(24)31/h7-10,15,18,24-25,29H,4-6,11-12,14,16-17,19,36H2,1-3H3/t24?,25?,29?,31-,32-,33-/m0/s1. The summed E-state index contributed by atoms with van der Waals surface area (Å²) >= 11 is 0.855. The monoisotopic (exact) mass is 607 g/mol. The number of fused-ring (bicyclic) bond motifs is 5. The molecule has 6 atom stereocenters. The van der Waals surface area contributed by atoms with Gasteiger partial charge in [-0.05, 0) is 92.5 Å². The molecule has 0 heterocycles. The fourth-order valence-corrected chi connectivity index (χ4v) is 9.39. The second kappa shape index (κ2) is 12.0. The lowest BCUT2D eigenvalue weighted by atomic mass is 9.42. The van der Waals surface area contributed by atoms with Crippen LogP contribution in [0.25, 0.3) is 0 Å². The van der Waals surface area contributed by atoms with Gasteiger partial charge in [0, 0.05) is 30.3 Å². The minimum atomic E-state index is -1.52. The number of ether oxygens (including phenoxy) is 2. The van der Waals surface area contributed by atoms with E-state index >= 15 is 0 Å². The Labute approximate surface area is 256 Å². The molecular formula is C33H38FN3O5S. The molecule has 2 N–H and O–H groups in total. The van der Waals surface area contributed by atoms with Crippen LogP contribution in [0.1, 0.15) is 58.8 Å². The largest absolute Gasteiger partial charge is 0.448 e. The van der Waals surface area contributed by atoms with Crippen molar-refractivity contribution in [3.05, 3.63) is 53.5 Å². The number of ketones is 1. The maximum Gasteiger partial charge on any atom is 0.333 e. The van der Waals surface area contributed by atoms with Crippen LogP contribution in [0.4, 0.5) is 10.1 Å². The molecule has 4 aliphatic carbocycles. The van der Waals surface area contributed by atoms with Crippen molar-refractivity contribution in [1.82, 2.24) is 0 Å². The quantitative estimate of drug-likeness (QED) is 0.414. The SMILES string of the molecule is COCC(=O)O[C@]1(C(=O)SCC#N)CCCC2C3CCC4=CC(=Nc5ccc(F)cc5)C(=CN)C[C@]4(C)C3C(=O)C[C@@]21C. The van der Waals surface area contributed by atoms with E-state index in [1.54, 1.807) is 18.3 Å². The fourth-order valence-electron chi connectivity index (χ4n) is 8.59. The highest BCUT2D eigenvalue weighted by atomic mass is 32.2. The number of rotatable bonds is 6. The number of carbonyl (C=O) groups excluding carboxylic acids is 3. The predicted molar refractivity (Wildman–Crippen MR) is 162 cm³/mol. The Morgan fingerprint density at radius 3 is 2.65 bits per heavy atom. The second-order valence-electron chi connectivity index (χ2n) is 12.6. The van der Waals surface area contributed by atoms with Crippen molar-refractivity contribution in [3.63, 3.8) is 0 Å². The first-order valence-corrected chi connectivity index (χ1v) is 15.8. The number of aliphatic imine (C=N–C) groups is 1. The molecule has 0 aromatic heterocycles. The topological polar surface area (TPSA) is 132 Å². The first kappa shape index (κ1) is 31.1. The van der Waals surface area contributed by atoms with Crippen LogP contribution in [-0.2, 0) is 23.9 Å². The molecule has 4 aliphatic rings. The number of hydrogen-bond acceptors (Lipinski definition) is 9. The van der Waals surface area contributed by atoms with Gasteiger partial charge in [-0.25, -0.2) is 14.2 Å². The molecule has 0 amide bonds. The molecule has 5 rings (SSSR count). The molecule has 1 aromatic carbocycles. The van der Waals surface area contributed by atoms with Crippen LogP contribution in [0.3, 0.4) is 0 Å². The number of nitriles is 1. The number of thioether (sulfide) groups is 1. The summed E-state index contributed by atoms with van der Waals surface area (Å²) < 4.78 is 24.5. The summed E-state index contributed by atoms with van der Waals surface area (Å²) in [5, 5.41) is 8.83. The minimum absolute atomic E-state index is 0.0161. The minimum Gasteiger partial charge on any atom is -0.448 e. The molecule has 228 valence electrons. The fraction of sp³-hybridized carbons (Fsp3) is 0.545. The number of benzene rings is 1. The third-order valence-corrected chi connectivity index (χ3v) is 11.3. The number of methoxy groups -OCH3 is 1. The van der Waals surface area contributed by atoms with E-state index in [1.165, 1.54) is 19.2 Å². The molecule has 1 aromatic rings. The van der Waals surface area contributed by atoms with Gasteiger partial charge < -0.3 is 15.2 Å². The number of carbonyl (C=O) groups is 3. The molecule has 43 heavy (non-hydrogen) atoms. The maximum atomic E-state index is 14.4. The van der Waals surface area contributed by atoms with Crippen molar-refractivity contribution in [2.45, 2.75) is 64.4 Å². The average molecular weight is 608 g/mol. The van der Waals surface area contributed by atoms with Gasteiger partial charge in [0.2, 0.25) is 5.12 Å². The van der Waals surface area contributed by atoms with Crippen LogP contribution < -0.4 is 5.73 Å². The van der Waals surface area contributed by atoms with Crippen LogP contribution in [-0.4, -0.2) is 47.7 Å². The molecule has 3 saturated carbocycles. The van der Waals surface area contributed by atoms with Gasteiger partial charge in [-0.2, -0.15) is 5.26 Å². The van der Waals surface area contributed by atoms with Crippen molar-refractivity contribution in [2.75, 3.05) is 19.5 Å². The van der Waals surface area contributed by atoms with Crippen LogP contribution >= 0.6 is 11.8 Å². The summed E-state index contributed by atoms with van der Waals surface area (Å²) in [6.45, 7) is 3.76. The van der Waals surface area contributed by atoms with E-state index < -0.39 is 22.4 Å². The number of allylic oxidation sites excluding steroid dienone is 3. The van der Waals surface area contributed by atoms with Crippen LogP contribution in [0.15, 0.2) is 52.7 Å². The van der Waals surface area contributed by atoms with Crippen molar-refractivity contribution < 1.29 is 28.2 Å². The van der Waals surface area contributed by atoms with Crippen molar-refractivity contribution in [3.8, 4) is 6.07 Å². The summed E-state index contributed by atoms with van der Waals surface area (Å²) in [6.07, 6.45) is 7.53. The molecule has 3 unspecified atom stereocenters. The molecular weight excluding hydrogens is 569 g/mol. The summed E-state index contributed by atoms with van der Waals surface area (Å²) in [5.74, 6) is -1.34. The highest BCUT2D eigenvalue weighted by molar-refractivity contribution is 8.14. The van der Waals surface area contributed by atoms with Crippen LogP contribution in [0.5, 0.6) is 0 Å². The summed E-state index contributed by atoms with van der Waals surface area (Å²) in [5.41, 5.74) is 6.51. The Balaban J connectivity index is 1.53. The highest BCUT2D eigenvalue weighted by Crippen LogP contribution is 2.66. The third-order valence-electron chi connectivity index (χ3n) is 10.4. The van der Waals surface area contributed by atoms with Gasteiger partial charge in [0.25, 0.3) is 0 Å². The van der Waals surface area contributed by atoms with Gasteiger partial charge in [-0.15, -0.1) is 0 Å². The Hall–Kier alpha value is -3.29. The van der Waals surface area contributed by atoms with Gasteiger partial charge in [-0.3, -0.25) is 9.59 Å². The van der Waals surface area contributed by atoms with E-state index in [0.717, 1.165) is 47.9 Å². The van der Waals surface area contributed by atoms with E-state index in [0.29, 0.717) is 24.9 Å². The first-order chi connectivity index (χ1) is 20.5. The lowest BCUT2D eigenvalue weighted by Gasteiger charge is -2.63. The molecule has 10 heteroatoms. The number of Topliss-reactive ketones (excluding diaryl/α,β-unsaturated/α-hetero) is 1. The van der Waals surface area contributed by atoms with Gasteiger partial charge >= 0.3 is 5.97 Å². The Bertz CT molecular complexity index is 1450. The lowest BCUT2D eigenvalue weighted by molar-refractivity contribution is -0.211. The third kappa shape index (κ3) is 5.25. The maximum absolute atomic E-state index is 14.4. The second-order valence-corrected chi connectivity index (χ2v) is 13.6. The van der Waals surface area contributed by atoms with Crippen molar-refractivity contribution >= 4 is 40.0 Å². The summed E-state index contributed by atoms with van der Waals surface area (Å²) in [7, 11) is 1.39. The predicted octanol–water partition coefficient (Wildman–Crippen LogP) is 5.59. The van der Waals surface area contributed by atoms with E-state index in [2.05, 4.69) is 6.92 Å². The van der Waals surface area contributed by atoms with E-state index in [9.17, 15) is 24.0 Å². The van der Waals surface area contributed by atoms with Gasteiger partial charge in [0.1, 0.15) is 18.2 Å². The smallest absolute Gasteiger partial charge is 0.333 e. The number of halogens is 1. The van der Waals surface area contributed by atoms with Gasteiger partial charge in [-0.1, -0.05) is 31.2 Å². The normalized spacial score (nSPS) is 35.3. The zero-order valence-corrected chi connectivity index (χ0v) is 25.7. The van der Waals surface area contributed by atoms with Gasteiger partial charge in [0.15, 0.2) is 5.60 Å². The van der Waals surface area contributed by atoms with Crippen LogP contribution in [0.2, 0.25) is 0 Å². The molecule has 8 nitrogen and oxygen atoms in total. The Kier molecular flexibility index (Phi) is 8.70. The van der Waals surface area contributed by atoms with Crippen molar-refractivity contribution in [2.24, 2.45) is 39.3 Å². The molecule has 0 aliphatic heterocycles. The number of nitrogens with zero attached hydrogens (tertiary/aromatic N) is 2. The molecule has 0 spiro atoms. The Morgan fingerprint density at radius 2 is 1.98 bits per heavy atom. The highest BCUT2D eigenvalue weighted by Gasteiger charge is 2.69.